The number of amides is 2. The second-order valence-electron chi connectivity index (χ2n) is 8.60. The first-order chi connectivity index (χ1) is 17.0. The number of benzene rings is 2. The second kappa shape index (κ2) is 11.8. The van der Waals surface area contributed by atoms with Gasteiger partial charge < -0.3 is 20.3 Å². The molecule has 8 heteroatoms. The number of nitrogens with zero attached hydrogens (tertiary/aromatic N) is 2. The number of ether oxygens (including phenoxy) is 1. The van der Waals surface area contributed by atoms with Crippen molar-refractivity contribution < 1.29 is 14.3 Å². The molecule has 2 N–H and O–H groups in total. The minimum atomic E-state index is -0.531. The Morgan fingerprint density at radius 3 is 2.60 bits per heavy atom. The molecule has 2 unspecified atom stereocenters. The van der Waals surface area contributed by atoms with Gasteiger partial charge in [-0.3, -0.25) is 9.59 Å². The highest BCUT2D eigenvalue weighted by Gasteiger charge is 2.24. The molecule has 1 aromatic heterocycles. The molecule has 1 aliphatic heterocycles. The molecule has 0 spiro atoms. The summed E-state index contributed by atoms with van der Waals surface area (Å²) in [7, 11) is 1.78. The summed E-state index contributed by atoms with van der Waals surface area (Å²) in [6.45, 7) is 1.17. The van der Waals surface area contributed by atoms with E-state index in [-0.39, 0.29) is 17.9 Å². The van der Waals surface area contributed by atoms with Crippen molar-refractivity contribution in [2.45, 2.75) is 31.4 Å². The minimum Gasteiger partial charge on any atom is -0.487 e. The molecule has 182 valence electrons. The van der Waals surface area contributed by atoms with Crippen LogP contribution in [0.1, 0.15) is 30.0 Å². The quantitative estimate of drug-likeness (QED) is 0.466. The fraction of sp³-hybridized carbons (Fsp3) is 0.296. The van der Waals surface area contributed by atoms with Gasteiger partial charge in [0.1, 0.15) is 23.7 Å². The predicted molar refractivity (Wildman–Crippen MR) is 136 cm³/mol. The average molecular weight is 493 g/mol. The molecule has 1 fully saturated rings. The predicted octanol–water partition coefficient (Wildman–Crippen LogP) is 4.25. The number of nitrogens with one attached hydrogen (secondary N) is 2. The lowest BCUT2D eigenvalue weighted by molar-refractivity contribution is -0.134. The highest BCUT2D eigenvalue weighted by molar-refractivity contribution is 6.30. The van der Waals surface area contributed by atoms with Crippen LogP contribution in [0.15, 0.2) is 72.9 Å². The summed E-state index contributed by atoms with van der Waals surface area (Å²) in [4.78, 5) is 30.9. The van der Waals surface area contributed by atoms with Crippen LogP contribution in [0.3, 0.4) is 0 Å². The molecule has 0 saturated carbocycles. The molecule has 1 aliphatic rings. The largest absolute Gasteiger partial charge is 0.487 e. The summed E-state index contributed by atoms with van der Waals surface area (Å²) in [5.41, 5.74) is 2.01. The highest BCUT2D eigenvalue weighted by atomic mass is 35.5. The summed E-state index contributed by atoms with van der Waals surface area (Å²) in [5.74, 6) is 0.992. The van der Waals surface area contributed by atoms with Crippen LogP contribution in [-0.2, 0) is 16.0 Å². The standard InChI is InChI=1S/C27H29ClN4O3/c1-32-18-23(12-14-25(32)33)35-22-11-13-24(30-17-22)31-27(34)26(20-5-3-2-4-6-20)29-16-15-19-7-9-21(28)10-8-19/h2-11,13,17,23,26,29H,12,14-16,18H2,1H3,(H,30,31,34). The van der Waals surface area contributed by atoms with E-state index in [1.807, 2.05) is 54.6 Å². The SMILES string of the molecule is CN1CC(Oc2ccc(NC(=O)C(NCCc3ccc(Cl)cc3)c3ccccc3)nc2)CCC1=O. The third-order valence-electron chi connectivity index (χ3n) is 5.94. The Hall–Kier alpha value is -3.42. The Balaban J connectivity index is 1.36. The number of likely N-dealkylation sites (N-methyl/N-ethyl adjacent to an activating group) is 1. The van der Waals surface area contributed by atoms with E-state index >= 15 is 0 Å². The van der Waals surface area contributed by atoms with E-state index in [0.717, 1.165) is 17.5 Å². The first-order valence-electron chi connectivity index (χ1n) is 11.7. The van der Waals surface area contributed by atoms with Gasteiger partial charge in [0, 0.05) is 25.0 Å². The van der Waals surface area contributed by atoms with Gasteiger partial charge in [-0.2, -0.15) is 0 Å². The number of aromatic nitrogens is 1. The fourth-order valence-electron chi connectivity index (χ4n) is 4.00. The zero-order valence-corrected chi connectivity index (χ0v) is 20.4. The van der Waals surface area contributed by atoms with E-state index in [1.54, 1.807) is 30.3 Å². The normalized spacial score (nSPS) is 16.6. The third kappa shape index (κ3) is 7.04. The maximum atomic E-state index is 13.2. The molecule has 7 nitrogen and oxygen atoms in total. The number of likely N-dealkylation sites (tertiary alicyclic amines) is 1. The Morgan fingerprint density at radius 2 is 1.91 bits per heavy atom. The highest BCUT2D eigenvalue weighted by Crippen LogP contribution is 2.20. The van der Waals surface area contributed by atoms with Gasteiger partial charge in [-0.1, -0.05) is 54.1 Å². The van der Waals surface area contributed by atoms with Gasteiger partial charge in [0.25, 0.3) is 0 Å². The summed E-state index contributed by atoms with van der Waals surface area (Å²) < 4.78 is 5.96. The van der Waals surface area contributed by atoms with E-state index in [9.17, 15) is 9.59 Å². The molecule has 0 radical (unpaired) electrons. The van der Waals surface area contributed by atoms with Crippen LogP contribution < -0.4 is 15.4 Å². The number of pyridine rings is 1. The zero-order chi connectivity index (χ0) is 24.6. The van der Waals surface area contributed by atoms with Crippen LogP contribution in [0.4, 0.5) is 5.82 Å². The van der Waals surface area contributed by atoms with Crippen molar-refractivity contribution in [1.29, 1.82) is 0 Å². The molecule has 0 aliphatic carbocycles. The molecule has 1 saturated heterocycles. The lowest BCUT2D eigenvalue weighted by atomic mass is 10.1. The molecule has 3 aromatic rings. The van der Waals surface area contributed by atoms with Crippen LogP contribution in [0.25, 0.3) is 0 Å². The van der Waals surface area contributed by atoms with E-state index in [1.165, 1.54) is 0 Å². The summed E-state index contributed by atoms with van der Waals surface area (Å²) in [6, 6.07) is 20.3. The number of hydrogen-bond donors (Lipinski definition) is 2. The van der Waals surface area contributed by atoms with Crippen molar-refractivity contribution >= 4 is 29.2 Å². The molecule has 0 bridgehead atoms. The molecule has 35 heavy (non-hydrogen) atoms. The molecule has 4 rings (SSSR count). The van der Waals surface area contributed by atoms with E-state index in [0.29, 0.717) is 42.5 Å². The van der Waals surface area contributed by atoms with E-state index < -0.39 is 6.04 Å². The first-order valence-corrected chi connectivity index (χ1v) is 12.1. The Bertz CT molecular complexity index is 1120. The molecule has 2 amide bonds. The van der Waals surface area contributed by atoms with Crippen LogP contribution in [0.5, 0.6) is 5.75 Å². The fourth-order valence-corrected chi connectivity index (χ4v) is 4.13. The van der Waals surface area contributed by atoms with Crippen molar-refractivity contribution in [3.05, 3.63) is 89.1 Å². The second-order valence-corrected chi connectivity index (χ2v) is 9.03. The van der Waals surface area contributed by atoms with Crippen molar-refractivity contribution in [3.63, 3.8) is 0 Å². The third-order valence-corrected chi connectivity index (χ3v) is 6.20. The Labute approximate surface area is 210 Å². The van der Waals surface area contributed by atoms with E-state index in [4.69, 9.17) is 16.3 Å². The number of carbonyl (C=O) groups excluding carboxylic acids is 2. The molecular formula is C27H29ClN4O3. The maximum Gasteiger partial charge on any atom is 0.247 e. The number of carbonyl (C=O) groups is 2. The zero-order valence-electron chi connectivity index (χ0n) is 19.6. The van der Waals surface area contributed by atoms with Crippen LogP contribution in [0.2, 0.25) is 5.02 Å². The Kier molecular flexibility index (Phi) is 8.34. The van der Waals surface area contributed by atoms with Gasteiger partial charge in [0.2, 0.25) is 11.8 Å². The van der Waals surface area contributed by atoms with Gasteiger partial charge in [-0.05, 0) is 48.2 Å². The molecular weight excluding hydrogens is 464 g/mol. The van der Waals surface area contributed by atoms with Crippen molar-refractivity contribution in [2.75, 3.05) is 25.5 Å². The van der Waals surface area contributed by atoms with Gasteiger partial charge in [0.05, 0.1) is 12.7 Å². The monoisotopic (exact) mass is 492 g/mol. The number of anilines is 1. The Morgan fingerprint density at radius 1 is 1.14 bits per heavy atom. The topological polar surface area (TPSA) is 83.6 Å². The van der Waals surface area contributed by atoms with Gasteiger partial charge in [0.15, 0.2) is 0 Å². The average Bonchev–Trinajstić information content (AvgIpc) is 2.87. The maximum absolute atomic E-state index is 13.2. The number of halogens is 1. The van der Waals surface area contributed by atoms with Gasteiger partial charge in [-0.15, -0.1) is 0 Å². The number of hydrogen-bond acceptors (Lipinski definition) is 5. The van der Waals surface area contributed by atoms with Crippen LogP contribution in [-0.4, -0.2) is 47.9 Å². The van der Waals surface area contributed by atoms with Crippen molar-refractivity contribution in [1.82, 2.24) is 15.2 Å². The molecule has 2 heterocycles. The van der Waals surface area contributed by atoms with Crippen LogP contribution >= 0.6 is 11.6 Å². The molecule has 2 atom stereocenters. The van der Waals surface area contributed by atoms with Crippen molar-refractivity contribution in [2.24, 2.45) is 0 Å². The lowest BCUT2D eigenvalue weighted by Crippen LogP contribution is -2.42. The van der Waals surface area contributed by atoms with Crippen molar-refractivity contribution in [3.8, 4) is 5.75 Å². The van der Waals surface area contributed by atoms with Gasteiger partial charge in [-0.25, -0.2) is 4.98 Å². The van der Waals surface area contributed by atoms with E-state index in [2.05, 4.69) is 15.6 Å². The summed E-state index contributed by atoms with van der Waals surface area (Å²) >= 11 is 5.97. The summed E-state index contributed by atoms with van der Waals surface area (Å²) in [6.07, 6.45) is 3.46. The number of piperidine rings is 1. The number of rotatable bonds is 9. The smallest absolute Gasteiger partial charge is 0.247 e. The lowest BCUT2D eigenvalue weighted by Gasteiger charge is -2.29. The van der Waals surface area contributed by atoms with Gasteiger partial charge >= 0.3 is 0 Å². The van der Waals surface area contributed by atoms with Crippen LogP contribution in [0, 0.1) is 0 Å². The first kappa shape index (κ1) is 24.7. The molecule has 2 aromatic carbocycles. The minimum absolute atomic E-state index is 0.0627. The summed E-state index contributed by atoms with van der Waals surface area (Å²) in [5, 5.41) is 6.97.